The van der Waals surface area contributed by atoms with Crippen LogP contribution in [0.2, 0.25) is 0 Å². The molecule has 0 spiro atoms. The molecule has 0 bridgehead atoms. The first-order valence-corrected chi connectivity index (χ1v) is 10.8. The van der Waals surface area contributed by atoms with Crippen LogP contribution in [0.15, 0.2) is 12.1 Å². The normalized spacial score (nSPS) is 23.6. The molecule has 6 nitrogen and oxygen atoms in total. The molecule has 0 atom stereocenters. The second-order valence-corrected chi connectivity index (χ2v) is 8.45. The van der Waals surface area contributed by atoms with Gasteiger partial charge in [0.05, 0.1) is 5.69 Å². The average Bonchev–Trinajstić information content (AvgIpc) is 2.75. The van der Waals surface area contributed by atoms with E-state index in [1.807, 2.05) is 19.1 Å². The molecule has 0 radical (unpaired) electrons. The van der Waals surface area contributed by atoms with E-state index in [9.17, 15) is 4.79 Å². The molecule has 2 saturated heterocycles. The highest BCUT2D eigenvalue weighted by Gasteiger charge is 2.32. The van der Waals surface area contributed by atoms with E-state index in [1.165, 1.54) is 32.1 Å². The summed E-state index contributed by atoms with van der Waals surface area (Å²) in [7, 11) is 0. The Hall–Kier alpha value is -1.69. The third-order valence-corrected chi connectivity index (χ3v) is 6.67. The highest BCUT2D eigenvalue weighted by Crippen LogP contribution is 2.26. The minimum absolute atomic E-state index is 0.181. The number of aryl methyl sites for hydroxylation is 1. The molecule has 27 heavy (non-hydrogen) atoms. The average molecular weight is 372 g/mol. The molecule has 0 unspecified atom stereocenters. The van der Waals surface area contributed by atoms with Gasteiger partial charge in [0.25, 0.3) is 0 Å². The Morgan fingerprint density at radius 3 is 2.22 bits per heavy atom. The molecular weight excluding hydrogens is 338 g/mol. The predicted molar refractivity (Wildman–Crippen MR) is 107 cm³/mol. The molecule has 4 rings (SSSR count). The lowest BCUT2D eigenvalue weighted by Gasteiger charge is -2.42. The summed E-state index contributed by atoms with van der Waals surface area (Å²) in [5, 5.41) is 8.45. The highest BCUT2D eigenvalue weighted by molar-refractivity contribution is 5.79. The summed E-state index contributed by atoms with van der Waals surface area (Å²) in [6.45, 7) is 7.71. The molecule has 1 aliphatic carbocycles. The molecule has 1 saturated carbocycles. The molecule has 0 N–H and O–H groups in total. The SMILES string of the molecule is Cc1ccc(N2CCC(C(=O)N3CCN(C4CCCCC4)CC3)CC2)nn1. The minimum atomic E-state index is 0.181. The van der Waals surface area contributed by atoms with Crippen molar-refractivity contribution in [2.45, 2.75) is 57.9 Å². The Morgan fingerprint density at radius 1 is 0.889 bits per heavy atom. The molecule has 1 aromatic heterocycles. The van der Waals surface area contributed by atoms with Gasteiger partial charge >= 0.3 is 0 Å². The third-order valence-electron chi connectivity index (χ3n) is 6.67. The monoisotopic (exact) mass is 371 g/mol. The van der Waals surface area contributed by atoms with Crippen molar-refractivity contribution in [3.63, 3.8) is 0 Å². The van der Waals surface area contributed by atoms with Crippen molar-refractivity contribution in [3.05, 3.63) is 17.8 Å². The van der Waals surface area contributed by atoms with Gasteiger partial charge < -0.3 is 9.80 Å². The third kappa shape index (κ3) is 4.42. The number of nitrogens with zero attached hydrogens (tertiary/aromatic N) is 5. The van der Waals surface area contributed by atoms with Gasteiger partial charge in [-0.2, -0.15) is 5.10 Å². The fourth-order valence-electron chi connectivity index (χ4n) is 4.93. The number of aromatic nitrogens is 2. The number of hydrogen-bond donors (Lipinski definition) is 0. The van der Waals surface area contributed by atoms with Crippen LogP contribution in [0, 0.1) is 12.8 Å². The fourth-order valence-corrected chi connectivity index (χ4v) is 4.93. The van der Waals surface area contributed by atoms with Crippen molar-refractivity contribution in [3.8, 4) is 0 Å². The van der Waals surface area contributed by atoms with Crippen LogP contribution in [0.25, 0.3) is 0 Å². The summed E-state index contributed by atoms with van der Waals surface area (Å²) in [6.07, 6.45) is 8.74. The predicted octanol–water partition coefficient (Wildman–Crippen LogP) is 2.48. The molecular formula is C21H33N5O. The minimum Gasteiger partial charge on any atom is -0.355 e. The smallest absolute Gasteiger partial charge is 0.225 e. The number of piperidine rings is 1. The van der Waals surface area contributed by atoms with Crippen LogP contribution in [0.1, 0.15) is 50.6 Å². The maximum atomic E-state index is 13.0. The van der Waals surface area contributed by atoms with Crippen molar-refractivity contribution in [1.29, 1.82) is 0 Å². The lowest BCUT2D eigenvalue weighted by molar-refractivity contribution is -0.138. The Kier molecular flexibility index (Phi) is 5.91. The van der Waals surface area contributed by atoms with E-state index in [4.69, 9.17) is 0 Å². The largest absolute Gasteiger partial charge is 0.355 e. The molecule has 2 aliphatic heterocycles. The molecule has 0 aromatic carbocycles. The topological polar surface area (TPSA) is 52.6 Å². The first-order chi connectivity index (χ1) is 13.2. The summed E-state index contributed by atoms with van der Waals surface area (Å²) >= 11 is 0. The molecule has 1 aromatic rings. The van der Waals surface area contributed by atoms with Gasteiger partial charge in [0, 0.05) is 51.2 Å². The van der Waals surface area contributed by atoms with Crippen molar-refractivity contribution < 1.29 is 4.79 Å². The van der Waals surface area contributed by atoms with Crippen LogP contribution in [-0.4, -0.2) is 71.2 Å². The Balaban J connectivity index is 1.24. The van der Waals surface area contributed by atoms with Crippen LogP contribution < -0.4 is 4.90 Å². The molecule has 148 valence electrons. The zero-order valence-electron chi connectivity index (χ0n) is 16.6. The van der Waals surface area contributed by atoms with Crippen LogP contribution in [0.4, 0.5) is 5.82 Å². The van der Waals surface area contributed by atoms with Crippen molar-refractivity contribution in [1.82, 2.24) is 20.0 Å². The first-order valence-electron chi connectivity index (χ1n) is 10.8. The number of amides is 1. The molecule has 6 heteroatoms. The van der Waals surface area contributed by atoms with Gasteiger partial charge in [0.15, 0.2) is 5.82 Å². The quantitative estimate of drug-likeness (QED) is 0.817. The summed E-state index contributed by atoms with van der Waals surface area (Å²) in [5.74, 6) is 1.50. The van der Waals surface area contributed by atoms with Crippen molar-refractivity contribution in [2.75, 3.05) is 44.2 Å². The maximum absolute atomic E-state index is 13.0. The van der Waals surface area contributed by atoms with E-state index < -0.39 is 0 Å². The second kappa shape index (κ2) is 8.55. The number of piperazine rings is 1. The maximum Gasteiger partial charge on any atom is 0.225 e. The van der Waals surface area contributed by atoms with E-state index in [1.54, 1.807) is 0 Å². The lowest BCUT2D eigenvalue weighted by Crippen LogP contribution is -2.54. The second-order valence-electron chi connectivity index (χ2n) is 8.45. The van der Waals surface area contributed by atoms with E-state index in [-0.39, 0.29) is 5.92 Å². The fraction of sp³-hybridized carbons (Fsp3) is 0.762. The van der Waals surface area contributed by atoms with Gasteiger partial charge in [0.1, 0.15) is 0 Å². The number of carbonyl (C=O) groups excluding carboxylic acids is 1. The van der Waals surface area contributed by atoms with Gasteiger partial charge in [-0.15, -0.1) is 5.10 Å². The van der Waals surface area contributed by atoms with Gasteiger partial charge in [-0.05, 0) is 44.7 Å². The Bertz CT molecular complexity index is 612. The van der Waals surface area contributed by atoms with Crippen LogP contribution in [-0.2, 0) is 4.79 Å². The van der Waals surface area contributed by atoms with E-state index in [2.05, 4.69) is 24.9 Å². The van der Waals surface area contributed by atoms with Crippen molar-refractivity contribution in [2.24, 2.45) is 5.92 Å². The Labute approximate surface area is 162 Å². The summed E-state index contributed by atoms with van der Waals surface area (Å²) in [5.41, 5.74) is 0.941. The van der Waals surface area contributed by atoms with Crippen LogP contribution in [0.3, 0.4) is 0 Å². The zero-order valence-corrected chi connectivity index (χ0v) is 16.6. The van der Waals surface area contributed by atoms with Crippen LogP contribution in [0.5, 0.6) is 0 Å². The molecule has 3 heterocycles. The van der Waals surface area contributed by atoms with E-state index >= 15 is 0 Å². The molecule has 1 amide bonds. The first kappa shape index (κ1) is 18.7. The Morgan fingerprint density at radius 2 is 1.59 bits per heavy atom. The van der Waals surface area contributed by atoms with Gasteiger partial charge in [-0.3, -0.25) is 9.69 Å². The van der Waals surface area contributed by atoms with E-state index in [0.717, 1.165) is 69.7 Å². The number of hydrogen-bond acceptors (Lipinski definition) is 5. The number of anilines is 1. The summed E-state index contributed by atoms with van der Waals surface area (Å²) < 4.78 is 0. The molecule has 3 fully saturated rings. The summed E-state index contributed by atoms with van der Waals surface area (Å²) in [4.78, 5) is 20.0. The van der Waals surface area contributed by atoms with E-state index in [0.29, 0.717) is 5.91 Å². The van der Waals surface area contributed by atoms with Crippen LogP contribution >= 0.6 is 0 Å². The number of rotatable bonds is 3. The highest BCUT2D eigenvalue weighted by atomic mass is 16.2. The molecule has 3 aliphatic rings. The standard InChI is InChI=1S/C21H33N5O/c1-17-7-8-20(23-22-17)25-11-9-18(10-12-25)21(27)26-15-13-24(14-16-26)19-5-3-2-4-6-19/h7-8,18-19H,2-6,9-16H2,1H3. The van der Waals surface area contributed by atoms with Gasteiger partial charge in [0.2, 0.25) is 5.91 Å². The number of carbonyl (C=O) groups is 1. The zero-order chi connectivity index (χ0) is 18.6. The van der Waals surface area contributed by atoms with Gasteiger partial charge in [-0.25, -0.2) is 0 Å². The summed E-state index contributed by atoms with van der Waals surface area (Å²) in [6, 6.07) is 4.82. The van der Waals surface area contributed by atoms with Crippen molar-refractivity contribution >= 4 is 11.7 Å². The lowest BCUT2D eigenvalue weighted by atomic mass is 9.93. The van der Waals surface area contributed by atoms with Gasteiger partial charge in [-0.1, -0.05) is 19.3 Å².